The molecule has 2 nitrogen and oxygen atoms in total. The van der Waals surface area contributed by atoms with E-state index in [4.69, 9.17) is 0 Å². The van der Waals surface area contributed by atoms with E-state index in [0.717, 1.165) is 26.2 Å². The maximum absolute atomic E-state index is 3.47. The quantitative estimate of drug-likeness (QED) is 0.715. The molecule has 0 heterocycles. The average Bonchev–Trinajstić information content (AvgIpc) is 2.34. The summed E-state index contributed by atoms with van der Waals surface area (Å²) < 4.78 is 0. The molecule has 0 aliphatic carbocycles. The van der Waals surface area contributed by atoms with Gasteiger partial charge in [0.2, 0.25) is 0 Å². The lowest BCUT2D eigenvalue weighted by Gasteiger charge is -2.08. The van der Waals surface area contributed by atoms with Gasteiger partial charge in [-0.2, -0.15) is 0 Å². The van der Waals surface area contributed by atoms with Crippen molar-refractivity contribution in [3.8, 4) is 0 Å². The Kier molecular flexibility index (Phi) is 14.1. The van der Waals surface area contributed by atoms with Gasteiger partial charge in [0.15, 0.2) is 0 Å². The van der Waals surface area contributed by atoms with E-state index in [0.29, 0.717) is 5.92 Å². The van der Waals surface area contributed by atoms with Crippen molar-refractivity contribution < 1.29 is 0 Å². The Balaban J connectivity index is 0. The van der Waals surface area contributed by atoms with E-state index in [1.54, 1.807) is 0 Å². The normalized spacial score (nSPS) is 9.89. The maximum Gasteiger partial charge on any atom is 0.0205 e. The van der Waals surface area contributed by atoms with Crippen molar-refractivity contribution in [2.24, 2.45) is 0 Å². The second-order valence-corrected chi connectivity index (χ2v) is 4.78. The molecule has 1 aromatic rings. The molecule has 0 aromatic heterocycles. The van der Waals surface area contributed by atoms with Crippen LogP contribution in [0.2, 0.25) is 0 Å². The lowest BCUT2D eigenvalue weighted by Crippen LogP contribution is -2.21. The number of nitrogens with one attached hydrogen (secondary N) is 2. The first-order valence-electron chi connectivity index (χ1n) is 6.74. The summed E-state index contributed by atoms with van der Waals surface area (Å²) in [5, 5.41) is 6.80. The lowest BCUT2D eigenvalue weighted by atomic mass is 10.0. The molecular formula is C15H28Cl2N2. The molecular weight excluding hydrogens is 279 g/mol. The molecule has 0 atom stereocenters. The molecule has 0 amide bonds. The molecule has 0 spiro atoms. The first-order chi connectivity index (χ1) is 8.24. The highest BCUT2D eigenvalue weighted by Gasteiger charge is 1.98. The third-order valence-electron chi connectivity index (χ3n) is 2.93. The monoisotopic (exact) mass is 306 g/mol. The van der Waals surface area contributed by atoms with Gasteiger partial charge in [-0.1, -0.05) is 45.0 Å². The predicted octanol–water partition coefficient (Wildman–Crippen LogP) is 3.74. The number of halogens is 2. The van der Waals surface area contributed by atoms with E-state index < -0.39 is 0 Å². The van der Waals surface area contributed by atoms with Crippen LogP contribution < -0.4 is 10.6 Å². The fraction of sp³-hybridized carbons (Fsp3) is 0.600. The zero-order valence-corrected chi connectivity index (χ0v) is 13.9. The van der Waals surface area contributed by atoms with Crippen LogP contribution in [-0.4, -0.2) is 19.6 Å². The number of benzene rings is 1. The van der Waals surface area contributed by atoms with Gasteiger partial charge in [-0.25, -0.2) is 0 Å². The topological polar surface area (TPSA) is 24.1 Å². The Bertz CT molecular complexity index is 300. The third-order valence-corrected chi connectivity index (χ3v) is 2.93. The molecule has 0 aliphatic heterocycles. The van der Waals surface area contributed by atoms with Gasteiger partial charge in [-0.05, 0) is 43.1 Å². The second kappa shape index (κ2) is 12.7. The summed E-state index contributed by atoms with van der Waals surface area (Å²) >= 11 is 0. The molecule has 0 fully saturated rings. The molecule has 0 bridgehead atoms. The van der Waals surface area contributed by atoms with Gasteiger partial charge < -0.3 is 10.6 Å². The van der Waals surface area contributed by atoms with E-state index in [9.17, 15) is 0 Å². The largest absolute Gasteiger partial charge is 0.317 e. The highest BCUT2D eigenvalue weighted by atomic mass is 35.5. The summed E-state index contributed by atoms with van der Waals surface area (Å²) in [6.45, 7) is 10.8. The van der Waals surface area contributed by atoms with Crippen LogP contribution >= 0.6 is 24.8 Å². The van der Waals surface area contributed by atoms with Crippen molar-refractivity contribution in [1.29, 1.82) is 0 Å². The number of hydrogen-bond donors (Lipinski definition) is 2. The number of hydrogen-bond acceptors (Lipinski definition) is 2. The molecule has 4 heteroatoms. The van der Waals surface area contributed by atoms with E-state index in [1.807, 2.05) is 0 Å². The smallest absolute Gasteiger partial charge is 0.0205 e. The highest BCUT2D eigenvalue weighted by molar-refractivity contribution is 5.85. The van der Waals surface area contributed by atoms with Crippen molar-refractivity contribution in [2.45, 2.75) is 39.7 Å². The SMILES string of the molecule is CCNCCCNCc1ccc(C(C)C)cc1.Cl.Cl. The van der Waals surface area contributed by atoms with Gasteiger partial charge in [-0.3, -0.25) is 0 Å². The molecule has 0 saturated heterocycles. The zero-order chi connectivity index (χ0) is 12.5. The lowest BCUT2D eigenvalue weighted by molar-refractivity contribution is 0.606. The summed E-state index contributed by atoms with van der Waals surface area (Å²) in [5.74, 6) is 0.622. The molecule has 112 valence electrons. The Hall–Kier alpha value is -0.280. The molecule has 1 aromatic carbocycles. The average molecular weight is 307 g/mol. The fourth-order valence-electron chi connectivity index (χ4n) is 1.77. The molecule has 19 heavy (non-hydrogen) atoms. The van der Waals surface area contributed by atoms with Crippen LogP contribution in [0.5, 0.6) is 0 Å². The second-order valence-electron chi connectivity index (χ2n) is 4.78. The maximum atomic E-state index is 3.47. The van der Waals surface area contributed by atoms with E-state index in [1.165, 1.54) is 17.5 Å². The third kappa shape index (κ3) is 9.28. The predicted molar refractivity (Wildman–Crippen MR) is 89.9 cm³/mol. The minimum atomic E-state index is 0. The summed E-state index contributed by atoms with van der Waals surface area (Å²) in [4.78, 5) is 0. The number of rotatable bonds is 8. The summed E-state index contributed by atoms with van der Waals surface area (Å²) in [7, 11) is 0. The van der Waals surface area contributed by atoms with Gasteiger partial charge in [-0.15, -0.1) is 24.8 Å². The highest BCUT2D eigenvalue weighted by Crippen LogP contribution is 2.14. The fourth-order valence-corrected chi connectivity index (χ4v) is 1.77. The van der Waals surface area contributed by atoms with Crippen LogP contribution in [0, 0.1) is 0 Å². The molecule has 0 radical (unpaired) electrons. The minimum absolute atomic E-state index is 0. The van der Waals surface area contributed by atoms with Gasteiger partial charge in [0.1, 0.15) is 0 Å². The molecule has 1 rings (SSSR count). The van der Waals surface area contributed by atoms with E-state index >= 15 is 0 Å². The Morgan fingerprint density at radius 1 is 0.947 bits per heavy atom. The first kappa shape index (κ1) is 21.0. The van der Waals surface area contributed by atoms with E-state index in [2.05, 4.69) is 55.7 Å². The Labute approximate surface area is 130 Å². The van der Waals surface area contributed by atoms with Crippen molar-refractivity contribution in [2.75, 3.05) is 19.6 Å². The van der Waals surface area contributed by atoms with Crippen molar-refractivity contribution >= 4 is 24.8 Å². The van der Waals surface area contributed by atoms with Gasteiger partial charge in [0.25, 0.3) is 0 Å². The Morgan fingerprint density at radius 2 is 1.53 bits per heavy atom. The summed E-state index contributed by atoms with van der Waals surface area (Å²) in [6.07, 6.45) is 1.19. The van der Waals surface area contributed by atoms with Crippen LogP contribution in [0.3, 0.4) is 0 Å². The minimum Gasteiger partial charge on any atom is -0.317 e. The van der Waals surface area contributed by atoms with Crippen LogP contribution in [0.4, 0.5) is 0 Å². The first-order valence-corrected chi connectivity index (χ1v) is 6.74. The van der Waals surface area contributed by atoms with Crippen molar-refractivity contribution in [3.63, 3.8) is 0 Å². The van der Waals surface area contributed by atoms with Crippen LogP contribution in [0.25, 0.3) is 0 Å². The Morgan fingerprint density at radius 3 is 2.05 bits per heavy atom. The van der Waals surface area contributed by atoms with Crippen LogP contribution in [0.1, 0.15) is 44.2 Å². The molecule has 2 N–H and O–H groups in total. The van der Waals surface area contributed by atoms with Gasteiger partial charge >= 0.3 is 0 Å². The zero-order valence-electron chi connectivity index (χ0n) is 12.2. The molecule has 0 unspecified atom stereocenters. The van der Waals surface area contributed by atoms with Gasteiger partial charge in [0.05, 0.1) is 0 Å². The van der Waals surface area contributed by atoms with Crippen molar-refractivity contribution in [1.82, 2.24) is 10.6 Å². The molecule has 0 aliphatic rings. The van der Waals surface area contributed by atoms with Crippen LogP contribution in [0.15, 0.2) is 24.3 Å². The summed E-state index contributed by atoms with van der Waals surface area (Å²) in [5.41, 5.74) is 2.79. The van der Waals surface area contributed by atoms with Crippen molar-refractivity contribution in [3.05, 3.63) is 35.4 Å². The summed E-state index contributed by atoms with van der Waals surface area (Å²) in [6, 6.07) is 8.93. The molecule has 0 saturated carbocycles. The van der Waals surface area contributed by atoms with Gasteiger partial charge in [0, 0.05) is 6.54 Å². The van der Waals surface area contributed by atoms with E-state index in [-0.39, 0.29) is 24.8 Å². The van der Waals surface area contributed by atoms with Crippen LogP contribution in [-0.2, 0) is 6.54 Å². The standard InChI is InChI=1S/C15H26N2.2ClH/c1-4-16-10-5-11-17-12-14-6-8-15(9-7-14)13(2)3;;/h6-9,13,16-17H,4-5,10-12H2,1-3H3;2*1H.